The molecule has 0 spiro atoms. The minimum Gasteiger partial charge on any atom is -0.496 e. The first-order valence-corrected chi connectivity index (χ1v) is 9.00. The summed E-state index contributed by atoms with van der Waals surface area (Å²) in [6, 6.07) is 7.30. The van der Waals surface area contributed by atoms with Gasteiger partial charge in [-0.1, -0.05) is 18.2 Å². The van der Waals surface area contributed by atoms with Crippen LogP contribution in [0.1, 0.15) is 28.6 Å². The van der Waals surface area contributed by atoms with Gasteiger partial charge < -0.3 is 19.2 Å². The number of fused-ring (bicyclic) bond motifs is 1. The highest BCUT2D eigenvalue weighted by molar-refractivity contribution is 6.03. The summed E-state index contributed by atoms with van der Waals surface area (Å²) in [5, 5.41) is 2.74. The van der Waals surface area contributed by atoms with E-state index in [1.807, 2.05) is 18.2 Å². The van der Waals surface area contributed by atoms with E-state index in [0.717, 1.165) is 10.1 Å². The van der Waals surface area contributed by atoms with Gasteiger partial charge >= 0.3 is 5.97 Å². The molecule has 152 valence electrons. The first-order valence-electron chi connectivity index (χ1n) is 9.00. The molecule has 0 aliphatic carbocycles. The van der Waals surface area contributed by atoms with Gasteiger partial charge in [0.2, 0.25) is 11.6 Å². The van der Waals surface area contributed by atoms with Gasteiger partial charge in [0.25, 0.3) is 5.56 Å². The van der Waals surface area contributed by atoms with Gasteiger partial charge in [0, 0.05) is 12.1 Å². The van der Waals surface area contributed by atoms with Crippen molar-refractivity contribution in [3.8, 4) is 5.75 Å². The van der Waals surface area contributed by atoms with E-state index in [2.05, 4.69) is 10.3 Å². The Bertz CT molecular complexity index is 1120. The third-order valence-electron chi connectivity index (χ3n) is 4.32. The van der Waals surface area contributed by atoms with E-state index < -0.39 is 17.4 Å². The topological polar surface area (TPSA) is 113 Å². The predicted octanol–water partition coefficient (Wildman–Crippen LogP) is 1.80. The Balaban J connectivity index is 1.82. The van der Waals surface area contributed by atoms with E-state index in [4.69, 9.17) is 13.9 Å². The summed E-state index contributed by atoms with van der Waals surface area (Å²) >= 11 is 0. The summed E-state index contributed by atoms with van der Waals surface area (Å²) in [4.78, 5) is 41.4. The Morgan fingerprint density at radius 2 is 2.03 bits per heavy atom. The number of nitrogens with one attached hydrogen (secondary N) is 1. The predicted molar refractivity (Wildman–Crippen MR) is 104 cm³/mol. The lowest BCUT2D eigenvalue weighted by atomic mass is 10.2. The average Bonchev–Trinajstić information content (AvgIpc) is 3.05. The lowest BCUT2D eigenvalue weighted by Gasteiger charge is -2.10. The molecule has 0 bridgehead atoms. The van der Waals surface area contributed by atoms with Crippen molar-refractivity contribution < 1.29 is 23.5 Å². The Hall–Kier alpha value is -3.62. The van der Waals surface area contributed by atoms with Crippen LogP contribution in [0.5, 0.6) is 5.75 Å². The van der Waals surface area contributed by atoms with Crippen LogP contribution in [0.25, 0.3) is 11.1 Å². The fraction of sp³-hybridized carbons (Fsp3) is 0.300. The zero-order chi connectivity index (χ0) is 21.0. The maximum atomic E-state index is 12.8. The fourth-order valence-corrected chi connectivity index (χ4v) is 2.95. The zero-order valence-electron chi connectivity index (χ0n) is 16.4. The summed E-state index contributed by atoms with van der Waals surface area (Å²) in [7, 11) is 1.55. The van der Waals surface area contributed by atoms with E-state index in [1.54, 1.807) is 27.0 Å². The monoisotopic (exact) mass is 399 g/mol. The number of benzene rings is 1. The van der Waals surface area contributed by atoms with Crippen LogP contribution in [0.4, 0.5) is 0 Å². The molecule has 9 heteroatoms. The molecule has 1 aromatic carbocycles. The van der Waals surface area contributed by atoms with E-state index in [-0.39, 0.29) is 42.1 Å². The molecule has 3 rings (SSSR count). The smallest absolute Gasteiger partial charge is 0.342 e. The van der Waals surface area contributed by atoms with Crippen LogP contribution in [0.3, 0.4) is 0 Å². The number of methoxy groups -OCH3 is 1. The second kappa shape index (κ2) is 8.59. The maximum absolute atomic E-state index is 12.8. The molecule has 0 fully saturated rings. The number of ether oxygens (including phenoxy) is 2. The first kappa shape index (κ1) is 20.1. The number of para-hydroxylation sites is 1. The van der Waals surface area contributed by atoms with Gasteiger partial charge in [0.1, 0.15) is 35.3 Å². The van der Waals surface area contributed by atoms with Gasteiger partial charge in [0.05, 0.1) is 13.7 Å². The third-order valence-corrected chi connectivity index (χ3v) is 4.32. The molecule has 2 aromatic heterocycles. The minimum absolute atomic E-state index is 0.000906. The molecule has 0 atom stereocenters. The number of nitrogens with zero attached hydrogens (tertiary/aromatic N) is 2. The van der Waals surface area contributed by atoms with Gasteiger partial charge in [-0.2, -0.15) is 0 Å². The number of carbonyl (C=O) groups excluding carboxylic acids is 2. The van der Waals surface area contributed by atoms with Gasteiger partial charge in [-0.05, 0) is 19.9 Å². The van der Waals surface area contributed by atoms with E-state index in [1.165, 1.54) is 6.33 Å². The zero-order valence-corrected chi connectivity index (χ0v) is 16.4. The number of hydrogen-bond donors (Lipinski definition) is 1. The third kappa shape index (κ3) is 4.13. The van der Waals surface area contributed by atoms with Crippen LogP contribution in [-0.4, -0.2) is 35.1 Å². The molecule has 0 saturated heterocycles. The number of carbonyl (C=O) groups is 2. The standard InChI is InChI=1S/C20H21N3O6/c1-4-28-20(26)16-12(2)29-18-17(16)19(25)23(11-22-18)10-15(24)21-9-13-7-5-6-8-14(13)27-3/h5-8,11H,4,9-10H2,1-3H3,(H,21,24). The van der Waals surface area contributed by atoms with E-state index >= 15 is 0 Å². The van der Waals surface area contributed by atoms with Crippen LogP contribution < -0.4 is 15.6 Å². The minimum atomic E-state index is -0.666. The summed E-state index contributed by atoms with van der Waals surface area (Å²) in [5.41, 5.74) is 0.311. The van der Waals surface area contributed by atoms with E-state index in [9.17, 15) is 14.4 Å². The van der Waals surface area contributed by atoms with Gasteiger partial charge in [-0.15, -0.1) is 0 Å². The lowest BCUT2D eigenvalue weighted by molar-refractivity contribution is -0.121. The van der Waals surface area contributed by atoms with Crippen LogP contribution in [0, 0.1) is 6.92 Å². The van der Waals surface area contributed by atoms with Gasteiger partial charge in [-0.3, -0.25) is 14.2 Å². The molecule has 3 aromatic rings. The van der Waals surface area contributed by atoms with Crippen LogP contribution >= 0.6 is 0 Å². The van der Waals surface area contributed by atoms with Crippen molar-refractivity contribution in [2.75, 3.05) is 13.7 Å². The molecule has 0 aliphatic rings. The highest BCUT2D eigenvalue weighted by atomic mass is 16.5. The molecular weight excluding hydrogens is 378 g/mol. The van der Waals surface area contributed by atoms with Crippen LogP contribution in [0.15, 0.2) is 39.8 Å². The van der Waals surface area contributed by atoms with Crippen LogP contribution in [0.2, 0.25) is 0 Å². The molecule has 0 aliphatic heterocycles. The van der Waals surface area contributed by atoms with Crippen molar-refractivity contribution in [3.05, 3.63) is 57.8 Å². The van der Waals surface area contributed by atoms with Gasteiger partial charge in [-0.25, -0.2) is 9.78 Å². The highest BCUT2D eigenvalue weighted by Gasteiger charge is 2.24. The lowest BCUT2D eigenvalue weighted by Crippen LogP contribution is -2.32. The molecular formula is C20H21N3O6. The van der Waals surface area contributed by atoms with Crippen molar-refractivity contribution in [3.63, 3.8) is 0 Å². The van der Waals surface area contributed by atoms with Crippen molar-refractivity contribution in [1.82, 2.24) is 14.9 Å². The summed E-state index contributed by atoms with van der Waals surface area (Å²) in [6.07, 6.45) is 1.21. The molecule has 1 amide bonds. The van der Waals surface area contributed by atoms with Crippen LogP contribution in [-0.2, 0) is 22.6 Å². The fourth-order valence-electron chi connectivity index (χ4n) is 2.95. The van der Waals surface area contributed by atoms with Crippen molar-refractivity contribution >= 4 is 23.0 Å². The van der Waals surface area contributed by atoms with E-state index in [0.29, 0.717) is 5.75 Å². The second-order valence-electron chi connectivity index (χ2n) is 6.20. The maximum Gasteiger partial charge on any atom is 0.342 e. The Morgan fingerprint density at radius 1 is 1.28 bits per heavy atom. The van der Waals surface area contributed by atoms with Crippen molar-refractivity contribution in [2.45, 2.75) is 26.9 Å². The molecule has 9 nitrogen and oxygen atoms in total. The Labute approximate surface area is 166 Å². The number of hydrogen-bond acceptors (Lipinski definition) is 7. The number of esters is 1. The molecule has 1 N–H and O–H groups in total. The summed E-state index contributed by atoms with van der Waals surface area (Å²) < 4.78 is 16.8. The summed E-state index contributed by atoms with van der Waals surface area (Å²) in [6.45, 7) is 3.36. The Kier molecular flexibility index (Phi) is 5.96. The SMILES string of the molecule is CCOC(=O)c1c(C)oc2ncn(CC(=O)NCc3ccccc3OC)c(=O)c12. The molecule has 2 heterocycles. The number of aromatic nitrogens is 2. The number of rotatable bonds is 7. The molecule has 0 radical (unpaired) electrons. The largest absolute Gasteiger partial charge is 0.496 e. The molecule has 0 saturated carbocycles. The van der Waals surface area contributed by atoms with Crippen molar-refractivity contribution in [2.24, 2.45) is 0 Å². The number of furan rings is 1. The normalized spacial score (nSPS) is 10.7. The van der Waals surface area contributed by atoms with Crippen molar-refractivity contribution in [1.29, 1.82) is 0 Å². The number of aryl methyl sites for hydroxylation is 1. The highest BCUT2D eigenvalue weighted by Crippen LogP contribution is 2.21. The first-order chi connectivity index (χ1) is 14.0. The second-order valence-corrected chi connectivity index (χ2v) is 6.20. The molecule has 29 heavy (non-hydrogen) atoms. The Morgan fingerprint density at radius 3 is 2.76 bits per heavy atom. The summed E-state index contributed by atoms with van der Waals surface area (Å²) in [5.74, 6) is -0.166. The average molecular weight is 399 g/mol. The van der Waals surface area contributed by atoms with Gasteiger partial charge in [0.15, 0.2) is 0 Å². The number of amides is 1. The molecule has 0 unspecified atom stereocenters. The quantitative estimate of drug-likeness (QED) is 0.603.